The van der Waals surface area contributed by atoms with Crippen molar-refractivity contribution in [2.24, 2.45) is 5.92 Å². The summed E-state index contributed by atoms with van der Waals surface area (Å²) in [5.41, 5.74) is 1.67. The number of thioether (sulfide) groups is 1. The van der Waals surface area contributed by atoms with E-state index in [0.29, 0.717) is 0 Å². The molecule has 0 fully saturated rings. The van der Waals surface area contributed by atoms with Gasteiger partial charge in [0.25, 0.3) is 0 Å². The molecule has 25 heavy (non-hydrogen) atoms. The molecular formula is C18H19N3O2S2. The molecule has 0 aliphatic rings. The number of hydrogen-bond acceptors (Lipinski definition) is 6. The van der Waals surface area contributed by atoms with Gasteiger partial charge in [-0.15, -0.1) is 11.3 Å². The van der Waals surface area contributed by atoms with E-state index >= 15 is 0 Å². The van der Waals surface area contributed by atoms with E-state index in [2.05, 4.69) is 15.3 Å². The van der Waals surface area contributed by atoms with Crippen molar-refractivity contribution in [3.8, 4) is 5.75 Å². The number of nitrogens with one attached hydrogen (secondary N) is 1. The summed E-state index contributed by atoms with van der Waals surface area (Å²) in [5.74, 6) is 0.885. The molecule has 0 spiro atoms. The summed E-state index contributed by atoms with van der Waals surface area (Å²) < 4.78 is 6.17. The van der Waals surface area contributed by atoms with E-state index in [0.717, 1.165) is 26.7 Å². The first-order valence-corrected chi connectivity index (χ1v) is 9.64. The van der Waals surface area contributed by atoms with Gasteiger partial charge in [-0.2, -0.15) is 0 Å². The molecule has 130 valence electrons. The van der Waals surface area contributed by atoms with Gasteiger partial charge in [-0.1, -0.05) is 25.6 Å². The summed E-state index contributed by atoms with van der Waals surface area (Å²) in [6.45, 7) is 4.08. The third-order valence-electron chi connectivity index (χ3n) is 3.67. The molecule has 0 saturated carbocycles. The van der Waals surface area contributed by atoms with Crippen LogP contribution in [-0.2, 0) is 4.79 Å². The van der Waals surface area contributed by atoms with Crippen LogP contribution in [0.5, 0.6) is 5.75 Å². The monoisotopic (exact) mass is 373 g/mol. The van der Waals surface area contributed by atoms with Gasteiger partial charge in [0.15, 0.2) is 0 Å². The van der Waals surface area contributed by atoms with E-state index in [-0.39, 0.29) is 17.1 Å². The van der Waals surface area contributed by atoms with E-state index in [1.165, 1.54) is 11.8 Å². The summed E-state index contributed by atoms with van der Waals surface area (Å²) >= 11 is 3.08. The second-order valence-corrected chi connectivity index (χ2v) is 7.86. The maximum Gasteiger partial charge on any atom is 0.238 e. The molecule has 2 aromatic heterocycles. The molecule has 5 nitrogen and oxygen atoms in total. The first kappa shape index (κ1) is 17.7. The smallest absolute Gasteiger partial charge is 0.238 e. The second kappa shape index (κ2) is 7.84. The number of carbonyl (C=O) groups excluding carboxylic acids is 1. The number of hydrogen-bond donors (Lipinski definition) is 1. The molecule has 1 unspecified atom stereocenters. The predicted molar refractivity (Wildman–Crippen MR) is 104 cm³/mol. The van der Waals surface area contributed by atoms with Crippen LogP contribution in [0.3, 0.4) is 0 Å². The number of fused-ring (bicyclic) bond motifs is 1. The Morgan fingerprint density at radius 2 is 1.96 bits per heavy atom. The summed E-state index contributed by atoms with van der Waals surface area (Å²) in [4.78, 5) is 21.4. The highest BCUT2D eigenvalue weighted by atomic mass is 32.2. The van der Waals surface area contributed by atoms with Gasteiger partial charge in [0, 0.05) is 5.69 Å². The number of rotatable bonds is 6. The molecule has 0 saturated heterocycles. The fraction of sp³-hybridized carbons (Fsp3) is 0.278. The van der Waals surface area contributed by atoms with E-state index in [9.17, 15) is 4.79 Å². The highest BCUT2D eigenvalue weighted by molar-refractivity contribution is 8.00. The largest absolute Gasteiger partial charge is 0.497 e. The lowest BCUT2D eigenvalue weighted by Crippen LogP contribution is -2.29. The van der Waals surface area contributed by atoms with E-state index < -0.39 is 0 Å². The highest BCUT2D eigenvalue weighted by Crippen LogP contribution is 2.34. The molecule has 0 aliphatic heterocycles. The van der Waals surface area contributed by atoms with Crippen LogP contribution in [0.25, 0.3) is 10.2 Å². The van der Waals surface area contributed by atoms with Gasteiger partial charge < -0.3 is 10.1 Å². The zero-order valence-electron chi connectivity index (χ0n) is 14.2. The fourth-order valence-corrected chi connectivity index (χ4v) is 4.37. The SMILES string of the molecule is COc1ccc(NC(=O)C(Sc2ncnc3ccsc23)C(C)C)cc1. The number of benzene rings is 1. The zero-order chi connectivity index (χ0) is 17.8. The molecule has 0 bridgehead atoms. The van der Waals surface area contributed by atoms with Gasteiger partial charge in [0.05, 0.1) is 22.6 Å². The Labute approximate surface area is 154 Å². The third kappa shape index (κ3) is 4.11. The lowest BCUT2D eigenvalue weighted by atomic mass is 10.1. The van der Waals surface area contributed by atoms with Crippen molar-refractivity contribution in [1.82, 2.24) is 9.97 Å². The number of carbonyl (C=O) groups is 1. The Kier molecular flexibility index (Phi) is 5.55. The predicted octanol–water partition coefficient (Wildman–Crippen LogP) is 4.46. The molecule has 0 radical (unpaired) electrons. The quantitative estimate of drug-likeness (QED) is 0.511. The Bertz CT molecular complexity index is 862. The topological polar surface area (TPSA) is 64.1 Å². The van der Waals surface area contributed by atoms with Crippen LogP contribution in [0.2, 0.25) is 0 Å². The number of thiophene rings is 1. The van der Waals surface area contributed by atoms with E-state index in [1.54, 1.807) is 24.8 Å². The summed E-state index contributed by atoms with van der Waals surface area (Å²) in [7, 11) is 1.62. The summed E-state index contributed by atoms with van der Waals surface area (Å²) in [6.07, 6.45) is 1.55. The van der Waals surface area contributed by atoms with Crippen molar-refractivity contribution in [3.05, 3.63) is 42.0 Å². The molecule has 1 N–H and O–H groups in total. The van der Waals surface area contributed by atoms with E-state index in [1.807, 2.05) is 49.6 Å². The van der Waals surface area contributed by atoms with Crippen LogP contribution in [0.1, 0.15) is 13.8 Å². The van der Waals surface area contributed by atoms with Crippen LogP contribution >= 0.6 is 23.1 Å². The Morgan fingerprint density at radius 3 is 2.64 bits per heavy atom. The van der Waals surface area contributed by atoms with Crippen molar-refractivity contribution in [1.29, 1.82) is 0 Å². The van der Waals surface area contributed by atoms with Crippen LogP contribution in [0, 0.1) is 5.92 Å². The average molecular weight is 374 g/mol. The zero-order valence-corrected chi connectivity index (χ0v) is 15.9. The van der Waals surface area contributed by atoms with Gasteiger partial charge >= 0.3 is 0 Å². The molecule has 3 aromatic rings. The van der Waals surface area contributed by atoms with Crippen molar-refractivity contribution >= 4 is 44.9 Å². The van der Waals surface area contributed by atoms with Gasteiger partial charge in [-0.25, -0.2) is 9.97 Å². The first-order chi connectivity index (χ1) is 12.1. The van der Waals surface area contributed by atoms with Crippen LogP contribution in [0.15, 0.2) is 47.1 Å². The lowest BCUT2D eigenvalue weighted by molar-refractivity contribution is -0.116. The molecule has 7 heteroatoms. The highest BCUT2D eigenvalue weighted by Gasteiger charge is 2.25. The molecule has 1 aromatic carbocycles. The minimum Gasteiger partial charge on any atom is -0.497 e. The first-order valence-electron chi connectivity index (χ1n) is 7.88. The van der Waals surface area contributed by atoms with Gasteiger partial charge in [0.2, 0.25) is 5.91 Å². The van der Waals surface area contributed by atoms with Crippen molar-refractivity contribution in [2.75, 3.05) is 12.4 Å². The van der Waals surface area contributed by atoms with Crippen LogP contribution < -0.4 is 10.1 Å². The molecule has 2 heterocycles. The maximum absolute atomic E-state index is 12.8. The molecule has 3 rings (SSSR count). The molecule has 1 amide bonds. The molecule has 1 atom stereocenters. The van der Waals surface area contributed by atoms with Gasteiger partial charge in [-0.05, 0) is 41.6 Å². The molecule has 0 aliphatic carbocycles. The number of nitrogens with zero attached hydrogens (tertiary/aromatic N) is 2. The van der Waals surface area contributed by atoms with Crippen LogP contribution in [-0.4, -0.2) is 28.2 Å². The minimum atomic E-state index is -0.248. The second-order valence-electron chi connectivity index (χ2n) is 5.81. The minimum absolute atomic E-state index is 0.0338. The average Bonchev–Trinajstić information content (AvgIpc) is 3.09. The number of amides is 1. The summed E-state index contributed by atoms with van der Waals surface area (Å²) in [5, 5.41) is 5.58. The standard InChI is InChI=1S/C18H19N3O2S2/c1-11(2)15(17(22)21-12-4-6-13(23-3)7-5-12)25-18-16-14(8-9-24-16)19-10-20-18/h4-11,15H,1-3H3,(H,21,22). The van der Waals surface area contributed by atoms with Gasteiger partial charge in [0.1, 0.15) is 17.1 Å². The van der Waals surface area contributed by atoms with Crippen LogP contribution in [0.4, 0.5) is 5.69 Å². The van der Waals surface area contributed by atoms with Crippen molar-refractivity contribution < 1.29 is 9.53 Å². The Balaban J connectivity index is 1.78. The Hall–Kier alpha value is -2.12. The molecular weight excluding hydrogens is 354 g/mol. The summed E-state index contributed by atoms with van der Waals surface area (Å²) in [6, 6.07) is 9.29. The number of aromatic nitrogens is 2. The van der Waals surface area contributed by atoms with Gasteiger partial charge in [-0.3, -0.25) is 4.79 Å². The van der Waals surface area contributed by atoms with Crippen molar-refractivity contribution in [2.45, 2.75) is 24.1 Å². The normalized spacial score (nSPS) is 12.3. The maximum atomic E-state index is 12.8. The van der Waals surface area contributed by atoms with E-state index in [4.69, 9.17) is 4.74 Å². The number of ether oxygens (including phenoxy) is 1. The number of anilines is 1. The van der Waals surface area contributed by atoms with Crippen molar-refractivity contribution in [3.63, 3.8) is 0 Å². The number of methoxy groups -OCH3 is 1. The third-order valence-corrected chi connectivity index (χ3v) is 6.26. The lowest BCUT2D eigenvalue weighted by Gasteiger charge is -2.19. The Morgan fingerprint density at radius 1 is 1.20 bits per heavy atom. The fourth-order valence-electron chi connectivity index (χ4n) is 2.35.